The minimum Gasteiger partial charge on any atom is -0.487 e. The minimum atomic E-state index is -4.32. The molecule has 0 N–H and O–H groups in total. The van der Waals surface area contributed by atoms with Crippen molar-refractivity contribution in [3.8, 4) is 17.2 Å². The molecule has 1 atom stereocenters. The van der Waals surface area contributed by atoms with E-state index in [1.54, 1.807) is 48.8 Å². The van der Waals surface area contributed by atoms with E-state index in [1.165, 1.54) is 0 Å². The average molecular weight is 737 g/mol. The molecule has 6 rings (SSSR count). The largest absolute Gasteiger partial charge is 0.487 e. The van der Waals surface area contributed by atoms with Crippen LogP contribution >= 0.6 is 10.3 Å². The summed E-state index contributed by atoms with van der Waals surface area (Å²) in [7, 11) is -7.30. The molecule has 0 saturated heterocycles. The molecule has 0 aliphatic heterocycles. The van der Waals surface area contributed by atoms with Gasteiger partial charge in [-0.05, 0) is 140 Å². The Morgan fingerprint density at radius 3 is 1.44 bits per heavy atom. The van der Waals surface area contributed by atoms with E-state index in [0.29, 0.717) is 38.5 Å². The third-order valence-electron chi connectivity index (χ3n) is 7.90. The first-order valence-corrected chi connectivity index (χ1v) is 19.7. The van der Waals surface area contributed by atoms with Gasteiger partial charge in [0.1, 0.15) is 30.5 Å². The van der Waals surface area contributed by atoms with Crippen molar-refractivity contribution < 1.29 is 31.0 Å². The number of nitrogens with zero attached hydrogens (tertiary/aromatic N) is 2. The van der Waals surface area contributed by atoms with E-state index < -0.39 is 26.7 Å². The molecule has 2 aromatic heterocycles. The topological polar surface area (TPSA) is 106 Å². The van der Waals surface area contributed by atoms with Crippen LogP contribution in [0.1, 0.15) is 30.8 Å². The molecule has 0 bridgehead atoms. The lowest BCUT2D eigenvalue weighted by molar-refractivity contribution is -0.0613. The minimum absolute atomic E-state index is 0.0473. The monoisotopic (exact) mass is 736 g/mol. The molecule has 6 aromatic rings. The Balaban J connectivity index is 1.44. The highest BCUT2D eigenvalue weighted by molar-refractivity contribution is 8.33. The molecule has 2 heterocycles. The van der Waals surface area contributed by atoms with E-state index in [9.17, 15) is 8.42 Å². The Labute approximate surface area is 306 Å². The molecule has 0 amide bonds. The molecule has 1 unspecified atom stereocenters. The van der Waals surface area contributed by atoms with Crippen molar-refractivity contribution in [1.29, 1.82) is 0 Å². The van der Waals surface area contributed by atoms with Gasteiger partial charge in [-0.15, -0.1) is 0 Å². The lowest BCUT2D eigenvalue weighted by Gasteiger charge is -2.39. The van der Waals surface area contributed by atoms with E-state index in [4.69, 9.17) is 22.6 Å². The summed E-state index contributed by atoms with van der Waals surface area (Å²) in [6.07, 6.45) is 2.96. The summed E-state index contributed by atoms with van der Waals surface area (Å²) in [6, 6.07) is 39.8. The zero-order valence-electron chi connectivity index (χ0n) is 29.1. The molecular weight excluding hydrogens is 697 g/mol. The predicted octanol–water partition coefficient (Wildman–Crippen LogP) is 9.31. The van der Waals surface area contributed by atoms with Crippen LogP contribution in [0.4, 0.5) is 0 Å². The predicted molar refractivity (Wildman–Crippen MR) is 200 cm³/mol. The summed E-state index contributed by atoms with van der Waals surface area (Å²) in [5.74, 6) is 1.75. The molecule has 11 heteroatoms. The van der Waals surface area contributed by atoms with Crippen molar-refractivity contribution in [2.45, 2.75) is 59.9 Å². The van der Waals surface area contributed by atoms with Crippen LogP contribution in [0.3, 0.4) is 0 Å². The van der Waals surface area contributed by atoms with Crippen molar-refractivity contribution in [1.82, 2.24) is 9.97 Å². The van der Waals surface area contributed by atoms with E-state index in [0.717, 1.165) is 17.0 Å². The van der Waals surface area contributed by atoms with E-state index in [2.05, 4.69) is 9.97 Å². The van der Waals surface area contributed by atoms with Gasteiger partial charge in [0.15, 0.2) is 6.29 Å². The van der Waals surface area contributed by atoms with Gasteiger partial charge in [0, 0.05) is 33.7 Å². The highest BCUT2D eigenvalue weighted by Gasteiger charge is 2.38. The number of hydrogen-bond acceptors (Lipinski definition) is 9. The molecule has 0 spiro atoms. The van der Waals surface area contributed by atoms with Crippen LogP contribution < -0.4 is 14.2 Å². The van der Waals surface area contributed by atoms with Gasteiger partial charge in [0.05, 0.1) is 16.3 Å². The lowest BCUT2D eigenvalue weighted by atomic mass is 10.2. The Hall–Kier alpha value is -5.20. The molecule has 4 aromatic carbocycles. The fraction of sp³-hybridized carbons (Fsp3) is 0.171. The third-order valence-corrected chi connectivity index (χ3v) is 13.1. The van der Waals surface area contributed by atoms with Crippen LogP contribution in [0.5, 0.6) is 17.2 Å². The first-order chi connectivity index (χ1) is 25.2. The molecule has 0 fully saturated rings. The van der Waals surface area contributed by atoms with Gasteiger partial charge in [0.2, 0.25) is 0 Å². The number of benzene rings is 4. The molecule has 268 valence electrons. The summed E-state index contributed by atoms with van der Waals surface area (Å²) >= 11 is 0. The molecule has 0 radical (unpaired) electrons. The number of aryl methyl sites for hydroxylation is 1. The number of rotatable bonds is 16. The smallest absolute Gasteiger partial charge is 0.307 e. The Morgan fingerprint density at radius 2 is 1.02 bits per heavy atom. The van der Waals surface area contributed by atoms with Gasteiger partial charge >= 0.3 is 10.1 Å². The van der Waals surface area contributed by atoms with Gasteiger partial charge in [-0.1, -0.05) is 29.8 Å². The van der Waals surface area contributed by atoms with E-state index >= 15 is 0 Å². The Morgan fingerprint density at radius 1 is 0.577 bits per heavy atom. The van der Waals surface area contributed by atoms with Gasteiger partial charge < -0.3 is 18.9 Å². The van der Waals surface area contributed by atoms with Gasteiger partial charge in [0.25, 0.3) is 0 Å². The van der Waals surface area contributed by atoms with Gasteiger partial charge in [-0.2, -0.15) is 8.42 Å². The van der Waals surface area contributed by atoms with Crippen molar-refractivity contribution in [2.75, 3.05) is 6.61 Å². The number of aromatic nitrogens is 2. The second-order valence-corrected chi connectivity index (χ2v) is 16.1. The Kier molecular flexibility index (Phi) is 11.9. The molecular formula is C41H40N2O7S2. The van der Waals surface area contributed by atoms with Gasteiger partial charge in [-0.25, -0.2) is 3.63 Å². The second kappa shape index (κ2) is 16.9. The first kappa shape index (κ1) is 36.6. The summed E-state index contributed by atoms with van der Waals surface area (Å²) in [5.41, 5.74) is 2.49. The first-order valence-electron chi connectivity index (χ1n) is 16.8. The van der Waals surface area contributed by atoms with Crippen LogP contribution in [0.2, 0.25) is 0 Å². The number of ether oxygens (including phenoxy) is 4. The van der Waals surface area contributed by atoms with Gasteiger partial charge in [-0.3, -0.25) is 9.97 Å². The maximum atomic E-state index is 14.3. The second-order valence-electron chi connectivity index (χ2n) is 11.7. The highest BCUT2D eigenvalue weighted by atomic mass is 32.3. The summed E-state index contributed by atoms with van der Waals surface area (Å²) in [4.78, 5) is 10.6. The lowest BCUT2D eigenvalue weighted by Crippen LogP contribution is -2.16. The van der Waals surface area contributed by atoms with Crippen molar-refractivity contribution >= 4 is 20.4 Å². The van der Waals surface area contributed by atoms with E-state index in [1.807, 2.05) is 118 Å². The van der Waals surface area contributed by atoms with Crippen LogP contribution in [0, 0.1) is 6.92 Å². The zero-order valence-corrected chi connectivity index (χ0v) is 30.8. The van der Waals surface area contributed by atoms with Crippen LogP contribution in [0.25, 0.3) is 0 Å². The fourth-order valence-electron chi connectivity index (χ4n) is 5.31. The summed E-state index contributed by atoms with van der Waals surface area (Å²) < 4.78 is 58.8. The van der Waals surface area contributed by atoms with Crippen molar-refractivity contribution in [3.05, 3.63) is 163 Å². The molecule has 0 saturated carbocycles. The Bertz CT molecular complexity index is 2030. The van der Waals surface area contributed by atoms with Crippen LogP contribution in [-0.4, -0.2) is 31.3 Å². The normalized spacial score (nSPS) is 12.5. The highest BCUT2D eigenvalue weighted by Crippen LogP contribution is 2.70. The summed E-state index contributed by atoms with van der Waals surface area (Å²) in [6.45, 7) is 6.67. The third kappa shape index (κ3) is 8.99. The van der Waals surface area contributed by atoms with E-state index in [-0.39, 0.29) is 18.1 Å². The average Bonchev–Trinajstić information content (AvgIpc) is 3.17. The standard InChI is InChI=1S/C41H40N2O7S2/c1-4-46-32(3)49-37-17-25-40(26-18-37)51(50-52(44,45)41-19-11-31(2)12-20-41,38-21-13-35(14-22-38)47-29-33-9-5-7-27-42-33)39-23-15-36(16-24-39)48-30-34-10-6-8-28-43-34/h5-28,32H,4,29-30H2,1-3H3. The SMILES string of the molecule is CCOC(C)Oc1ccc(S(OS(=O)(=O)c2ccc(C)cc2)(c2ccc(OCc3ccccn3)cc2)c2ccc(OCc3ccccn3)cc2)cc1. The maximum absolute atomic E-state index is 14.3. The molecule has 9 nitrogen and oxygen atoms in total. The zero-order chi connectivity index (χ0) is 36.4. The number of hydrogen-bond donors (Lipinski definition) is 0. The molecule has 0 aliphatic carbocycles. The number of pyridine rings is 2. The van der Waals surface area contributed by atoms with Crippen molar-refractivity contribution in [2.24, 2.45) is 0 Å². The maximum Gasteiger partial charge on any atom is 0.307 e. The van der Waals surface area contributed by atoms with Crippen molar-refractivity contribution in [3.63, 3.8) is 0 Å². The fourth-order valence-corrected chi connectivity index (χ4v) is 10.5. The quantitative estimate of drug-likeness (QED) is 0.0899. The van der Waals surface area contributed by atoms with Crippen LogP contribution in [-0.2, 0) is 31.7 Å². The summed E-state index contributed by atoms with van der Waals surface area (Å²) in [5, 5.41) is 0. The molecule has 0 aliphatic rings. The molecule has 52 heavy (non-hydrogen) atoms. The van der Waals surface area contributed by atoms with Crippen LogP contribution in [0.15, 0.2) is 165 Å².